The largest absolute Gasteiger partial charge is 0.311 e. The molecule has 0 aliphatic carbocycles. The van der Waals surface area contributed by atoms with Crippen molar-refractivity contribution in [2.45, 2.75) is 30.8 Å². The average Bonchev–Trinajstić information content (AvgIpc) is 2.62. The van der Waals surface area contributed by atoms with Gasteiger partial charge in [0.25, 0.3) is 0 Å². The molecule has 2 atom stereocenters. The summed E-state index contributed by atoms with van der Waals surface area (Å²) in [7, 11) is -3.57. The molecule has 2 rings (SSSR count). The summed E-state index contributed by atoms with van der Waals surface area (Å²) in [6.45, 7) is 4.90. The van der Waals surface area contributed by atoms with Crippen LogP contribution in [0.25, 0.3) is 0 Å². The molecule has 1 fully saturated rings. The van der Waals surface area contributed by atoms with Crippen LogP contribution in [0.4, 0.5) is 0 Å². The molecule has 0 amide bonds. The molecule has 0 aromatic carbocycles. The maximum absolute atomic E-state index is 12.5. The summed E-state index contributed by atoms with van der Waals surface area (Å²) in [6, 6.07) is 1.45. The van der Waals surface area contributed by atoms with E-state index in [1.165, 1.54) is 10.4 Å². The molecule has 2 heterocycles. The van der Waals surface area contributed by atoms with Gasteiger partial charge >= 0.3 is 0 Å². The second-order valence-electron chi connectivity index (χ2n) is 4.42. The van der Waals surface area contributed by atoms with Gasteiger partial charge in [0.15, 0.2) is 0 Å². The molecule has 1 aromatic heterocycles. The normalized spacial score (nSPS) is 25.1. The van der Waals surface area contributed by atoms with E-state index in [1.807, 2.05) is 13.8 Å². The Bertz CT molecular complexity index is 547. The zero-order chi connectivity index (χ0) is 13.5. The molecule has 1 saturated heterocycles. The highest BCUT2D eigenvalue weighted by Gasteiger charge is 2.35. The molecule has 0 saturated carbocycles. The van der Waals surface area contributed by atoms with E-state index in [-0.39, 0.29) is 33.7 Å². The second kappa shape index (κ2) is 6.47. The minimum Gasteiger partial charge on any atom is -0.311 e. The Hall–Kier alpha value is 0.440. The molecular formula is C10H15Cl3N2O2S2. The molecular weight excluding hydrogens is 351 g/mol. The lowest BCUT2D eigenvalue weighted by Gasteiger charge is -2.36. The average molecular weight is 366 g/mol. The zero-order valence-electron chi connectivity index (χ0n) is 10.4. The Kier molecular flexibility index (Phi) is 5.96. The fourth-order valence-electron chi connectivity index (χ4n) is 1.95. The Balaban J connectivity index is 0.00000180. The van der Waals surface area contributed by atoms with Crippen molar-refractivity contribution in [3.8, 4) is 0 Å². The molecule has 0 bridgehead atoms. The smallest absolute Gasteiger partial charge is 0.245 e. The van der Waals surface area contributed by atoms with Gasteiger partial charge in [-0.3, -0.25) is 0 Å². The topological polar surface area (TPSA) is 49.4 Å². The van der Waals surface area contributed by atoms with Gasteiger partial charge in [-0.15, -0.1) is 23.7 Å². The van der Waals surface area contributed by atoms with Crippen LogP contribution in [0.1, 0.15) is 13.8 Å². The molecule has 1 aromatic rings. The molecule has 1 aliphatic heterocycles. The number of rotatable bonds is 2. The second-order valence-corrected chi connectivity index (χ2v) is 8.57. The van der Waals surface area contributed by atoms with Crippen LogP contribution in [0.5, 0.6) is 0 Å². The summed E-state index contributed by atoms with van der Waals surface area (Å²) in [6.07, 6.45) is 0. The van der Waals surface area contributed by atoms with E-state index in [0.717, 1.165) is 11.3 Å². The number of halogens is 3. The molecule has 1 aliphatic rings. The van der Waals surface area contributed by atoms with Crippen molar-refractivity contribution < 1.29 is 8.42 Å². The first-order valence-electron chi connectivity index (χ1n) is 5.52. The highest BCUT2D eigenvalue weighted by atomic mass is 35.5. The van der Waals surface area contributed by atoms with E-state index < -0.39 is 10.0 Å². The number of nitrogens with zero attached hydrogens (tertiary/aromatic N) is 1. The standard InChI is InChI=1S/C10H14Cl2N2O2S2.ClH/c1-6-5-14(7(2)4-13-6)18(15,16)8-3-9(11)17-10(8)12;/h3,6-7,13H,4-5H2,1-2H3;1H. The minimum atomic E-state index is -3.57. The predicted octanol–water partition coefficient (Wildman–Crippen LogP) is 2.85. The number of piperazine rings is 1. The maximum atomic E-state index is 12.5. The van der Waals surface area contributed by atoms with Gasteiger partial charge in [-0.25, -0.2) is 8.42 Å². The lowest BCUT2D eigenvalue weighted by Crippen LogP contribution is -2.56. The van der Waals surface area contributed by atoms with Gasteiger partial charge in [0.05, 0.1) is 4.34 Å². The van der Waals surface area contributed by atoms with E-state index in [2.05, 4.69) is 5.32 Å². The number of nitrogens with one attached hydrogen (secondary N) is 1. The summed E-state index contributed by atoms with van der Waals surface area (Å²) in [4.78, 5) is 0.111. The van der Waals surface area contributed by atoms with Crippen LogP contribution in [-0.4, -0.2) is 37.9 Å². The van der Waals surface area contributed by atoms with Crippen LogP contribution >= 0.6 is 46.9 Å². The van der Waals surface area contributed by atoms with Crippen molar-refractivity contribution in [1.29, 1.82) is 0 Å². The third kappa shape index (κ3) is 3.56. The Labute approximate surface area is 133 Å². The van der Waals surface area contributed by atoms with Gasteiger partial charge in [-0.05, 0) is 19.9 Å². The van der Waals surface area contributed by atoms with Crippen LogP contribution in [0.15, 0.2) is 11.0 Å². The maximum Gasteiger partial charge on any atom is 0.245 e. The van der Waals surface area contributed by atoms with E-state index in [1.54, 1.807) is 0 Å². The summed E-state index contributed by atoms with van der Waals surface area (Å²) in [5, 5.41) is 3.24. The highest BCUT2D eigenvalue weighted by Crippen LogP contribution is 2.36. The third-order valence-electron chi connectivity index (χ3n) is 2.92. The van der Waals surface area contributed by atoms with E-state index in [0.29, 0.717) is 17.4 Å². The minimum absolute atomic E-state index is 0. The van der Waals surface area contributed by atoms with Crippen molar-refractivity contribution in [3.05, 3.63) is 14.7 Å². The van der Waals surface area contributed by atoms with Crippen molar-refractivity contribution in [3.63, 3.8) is 0 Å². The molecule has 0 spiro atoms. The first-order chi connectivity index (χ1) is 8.32. The van der Waals surface area contributed by atoms with E-state index in [9.17, 15) is 8.42 Å². The molecule has 19 heavy (non-hydrogen) atoms. The predicted molar refractivity (Wildman–Crippen MR) is 82.4 cm³/mol. The first kappa shape index (κ1) is 17.5. The number of sulfonamides is 1. The van der Waals surface area contributed by atoms with Crippen LogP contribution in [0.3, 0.4) is 0 Å². The van der Waals surface area contributed by atoms with Gasteiger partial charge < -0.3 is 5.32 Å². The lowest BCUT2D eigenvalue weighted by atomic mass is 10.2. The van der Waals surface area contributed by atoms with Gasteiger partial charge in [-0.2, -0.15) is 4.31 Å². The lowest BCUT2D eigenvalue weighted by molar-refractivity contribution is 0.245. The van der Waals surface area contributed by atoms with Crippen LogP contribution < -0.4 is 5.32 Å². The first-order valence-corrected chi connectivity index (χ1v) is 8.53. The number of hydrogen-bond donors (Lipinski definition) is 1. The van der Waals surface area contributed by atoms with Crippen LogP contribution in [0.2, 0.25) is 8.67 Å². The van der Waals surface area contributed by atoms with Gasteiger partial charge in [-0.1, -0.05) is 23.2 Å². The van der Waals surface area contributed by atoms with Gasteiger partial charge in [0, 0.05) is 25.2 Å². The van der Waals surface area contributed by atoms with Crippen molar-refractivity contribution >= 4 is 57.0 Å². The molecule has 2 unspecified atom stereocenters. The van der Waals surface area contributed by atoms with E-state index >= 15 is 0 Å². The fourth-order valence-corrected chi connectivity index (χ4v) is 5.78. The molecule has 4 nitrogen and oxygen atoms in total. The SMILES string of the molecule is CC1CN(S(=O)(=O)c2cc(Cl)sc2Cl)C(C)CN1.Cl. The van der Waals surface area contributed by atoms with Crippen LogP contribution in [0, 0.1) is 0 Å². The molecule has 9 heteroatoms. The van der Waals surface area contributed by atoms with Crippen LogP contribution in [-0.2, 0) is 10.0 Å². The summed E-state index contributed by atoms with van der Waals surface area (Å²) in [5.74, 6) is 0. The number of thiophene rings is 1. The highest BCUT2D eigenvalue weighted by molar-refractivity contribution is 7.89. The van der Waals surface area contributed by atoms with Crippen molar-refractivity contribution in [2.24, 2.45) is 0 Å². The summed E-state index contributed by atoms with van der Waals surface area (Å²) < 4.78 is 27.2. The monoisotopic (exact) mass is 364 g/mol. The quantitative estimate of drug-likeness (QED) is 0.876. The third-order valence-corrected chi connectivity index (χ3v) is 6.65. The molecule has 110 valence electrons. The van der Waals surface area contributed by atoms with Crippen molar-refractivity contribution in [2.75, 3.05) is 13.1 Å². The van der Waals surface area contributed by atoms with Gasteiger partial charge in [0.1, 0.15) is 9.23 Å². The summed E-state index contributed by atoms with van der Waals surface area (Å²) in [5.41, 5.74) is 0. The zero-order valence-corrected chi connectivity index (χ0v) is 14.4. The summed E-state index contributed by atoms with van der Waals surface area (Å²) >= 11 is 12.8. The van der Waals surface area contributed by atoms with E-state index in [4.69, 9.17) is 23.2 Å². The molecule has 1 N–H and O–H groups in total. The Morgan fingerprint density at radius 1 is 1.42 bits per heavy atom. The Morgan fingerprint density at radius 2 is 2.05 bits per heavy atom. The molecule has 0 radical (unpaired) electrons. The Morgan fingerprint density at radius 3 is 2.58 bits per heavy atom. The van der Waals surface area contributed by atoms with Crippen molar-refractivity contribution in [1.82, 2.24) is 9.62 Å². The fraction of sp³-hybridized carbons (Fsp3) is 0.600. The van der Waals surface area contributed by atoms with Gasteiger partial charge in [0.2, 0.25) is 10.0 Å². The number of hydrogen-bond acceptors (Lipinski definition) is 4.